The van der Waals surface area contributed by atoms with Crippen molar-refractivity contribution < 1.29 is 24.4 Å². The molecule has 2 unspecified atom stereocenters. The summed E-state index contributed by atoms with van der Waals surface area (Å²) in [5, 5.41) is 37.4. The molecule has 2 aromatic rings. The second-order valence-corrected chi connectivity index (χ2v) is 8.94. The smallest absolute Gasteiger partial charge is 0.471 e. The van der Waals surface area contributed by atoms with Crippen molar-refractivity contribution in [3.63, 3.8) is 0 Å². The third-order valence-electron chi connectivity index (χ3n) is 6.30. The third kappa shape index (κ3) is 6.38. The first kappa shape index (κ1) is 24.4. The Morgan fingerprint density at radius 2 is 1.91 bits per heavy atom. The lowest BCUT2D eigenvalue weighted by Gasteiger charge is -2.44. The summed E-state index contributed by atoms with van der Waals surface area (Å²) in [5.41, 5.74) is 6.60. The molecular weight excluding hydrogens is 411 g/mol. The van der Waals surface area contributed by atoms with Crippen LogP contribution in [0.2, 0.25) is 0 Å². The predicted molar refractivity (Wildman–Crippen MR) is 121 cm³/mol. The highest BCUT2D eigenvalue weighted by Crippen LogP contribution is 2.32. The van der Waals surface area contributed by atoms with Crippen molar-refractivity contribution in [3.05, 3.63) is 36.2 Å². The number of aliphatic carboxylic acids is 1. The molecule has 1 aliphatic rings. The summed E-state index contributed by atoms with van der Waals surface area (Å²) in [4.78, 5) is 12.7. The quantitative estimate of drug-likeness (QED) is 0.302. The Morgan fingerprint density at radius 1 is 1.22 bits per heavy atom. The Morgan fingerprint density at radius 3 is 2.53 bits per heavy atom. The highest BCUT2D eigenvalue weighted by Gasteiger charge is 2.43. The first-order chi connectivity index (χ1) is 15.3. The molecule has 0 radical (unpaired) electrons. The van der Waals surface area contributed by atoms with E-state index in [-0.39, 0.29) is 12.3 Å². The number of rotatable bonds is 11. The first-order valence-corrected chi connectivity index (χ1v) is 11.3. The maximum absolute atomic E-state index is 10.7. The maximum atomic E-state index is 10.7. The van der Waals surface area contributed by atoms with Crippen molar-refractivity contribution in [2.75, 3.05) is 13.1 Å². The summed E-state index contributed by atoms with van der Waals surface area (Å²) in [6.07, 6.45) is 4.32. The molecule has 174 valence electrons. The van der Waals surface area contributed by atoms with Gasteiger partial charge in [0.05, 0.1) is 5.94 Å². The molecule has 2 heterocycles. The zero-order valence-corrected chi connectivity index (χ0v) is 18.6. The molecule has 3 rings (SSSR count). The Labute approximate surface area is 188 Å². The van der Waals surface area contributed by atoms with Gasteiger partial charge in [-0.15, -0.1) is 10.2 Å². The Balaban J connectivity index is 1.55. The fourth-order valence-corrected chi connectivity index (χ4v) is 4.57. The number of nitrogens with two attached hydrogens (primary N) is 1. The summed E-state index contributed by atoms with van der Waals surface area (Å²) < 4.78 is 5.91. The summed E-state index contributed by atoms with van der Waals surface area (Å²) in [7, 11) is -1.56. The number of carboxylic acid groups (broad SMARTS) is 1. The molecule has 5 N–H and O–H groups in total. The zero-order valence-electron chi connectivity index (χ0n) is 18.6. The molecule has 9 nitrogen and oxygen atoms in total. The van der Waals surface area contributed by atoms with Gasteiger partial charge in [-0.05, 0) is 57.8 Å². The van der Waals surface area contributed by atoms with E-state index in [1.807, 2.05) is 42.2 Å². The van der Waals surface area contributed by atoms with E-state index in [4.69, 9.17) is 15.3 Å². The lowest BCUT2D eigenvalue weighted by Crippen LogP contribution is -2.64. The van der Waals surface area contributed by atoms with E-state index in [9.17, 15) is 14.8 Å². The van der Waals surface area contributed by atoms with E-state index in [1.165, 1.54) is 0 Å². The van der Waals surface area contributed by atoms with Gasteiger partial charge in [0.2, 0.25) is 11.8 Å². The van der Waals surface area contributed by atoms with E-state index in [2.05, 4.69) is 10.2 Å². The number of unbranched alkanes of at least 4 members (excludes halogenated alkanes) is 2. The van der Waals surface area contributed by atoms with Crippen molar-refractivity contribution in [3.8, 4) is 11.5 Å². The molecule has 1 aliphatic heterocycles. The molecule has 32 heavy (non-hydrogen) atoms. The van der Waals surface area contributed by atoms with Gasteiger partial charge in [-0.2, -0.15) is 0 Å². The van der Waals surface area contributed by atoms with E-state index >= 15 is 0 Å². The van der Waals surface area contributed by atoms with Gasteiger partial charge in [-0.25, -0.2) is 0 Å². The van der Waals surface area contributed by atoms with Crippen LogP contribution in [0.25, 0.3) is 11.5 Å². The molecule has 10 heteroatoms. The average Bonchev–Trinajstić information content (AvgIpc) is 3.24. The number of hydrogen-bond acceptors (Lipinski definition) is 8. The fraction of sp³-hybridized carbons (Fsp3) is 0.591. The second kappa shape index (κ2) is 11.0. The van der Waals surface area contributed by atoms with Gasteiger partial charge in [-0.1, -0.05) is 31.0 Å². The van der Waals surface area contributed by atoms with Gasteiger partial charge in [-0.3, -0.25) is 4.79 Å². The highest BCUT2D eigenvalue weighted by molar-refractivity contribution is 6.43. The number of likely N-dealkylation sites (tertiary alicyclic amines) is 1. The van der Waals surface area contributed by atoms with E-state index in [0.717, 1.165) is 31.2 Å². The van der Waals surface area contributed by atoms with Crippen LogP contribution in [0, 0.1) is 0 Å². The van der Waals surface area contributed by atoms with Gasteiger partial charge in [0.15, 0.2) is 0 Å². The van der Waals surface area contributed by atoms with Crippen LogP contribution in [-0.2, 0) is 4.79 Å². The fourth-order valence-electron chi connectivity index (χ4n) is 4.57. The summed E-state index contributed by atoms with van der Waals surface area (Å²) in [6, 6.07) is 9.64. The van der Waals surface area contributed by atoms with Gasteiger partial charge in [0.25, 0.3) is 0 Å². The topological polar surface area (TPSA) is 146 Å². The number of carbonyl (C=O) groups is 1. The minimum absolute atomic E-state index is 0.118. The molecule has 0 bridgehead atoms. The Kier molecular flexibility index (Phi) is 8.41. The summed E-state index contributed by atoms with van der Waals surface area (Å²) >= 11 is 0. The molecule has 1 saturated heterocycles. The predicted octanol–water partition coefficient (Wildman–Crippen LogP) is 2.05. The van der Waals surface area contributed by atoms with Crippen molar-refractivity contribution in [2.45, 2.75) is 69.3 Å². The highest BCUT2D eigenvalue weighted by atomic mass is 16.4. The SMILES string of the molecule is CC(N)(CCCCCC(=O)O)C(B(O)O)N1CCC(c2nnc(-c3ccccc3)o2)CC1. The van der Waals surface area contributed by atoms with E-state index in [1.54, 1.807) is 0 Å². The Hall–Kier alpha value is -2.27. The van der Waals surface area contributed by atoms with Crippen LogP contribution in [0.1, 0.15) is 63.7 Å². The standard InChI is InChI=1S/C22H33BN4O5/c1-22(24,13-7-3-6-10-18(28)29)21(23(30)31)27-14-11-17(12-15-27)20-26-25-19(32-20)16-8-4-2-5-9-16/h2,4-5,8-9,17,21,30-31H,3,6-7,10-15,24H2,1H3,(H,28,29). The van der Waals surface area contributed by atoms with E-state index in [0.29, 0.717) is 37.7 Å². The third-order valence-corrected chi connectivity index (χ3v) is 6.30. The molecule has 0 saturated carbocycles. The first-order valence-electron chi connectivity index (χ1n) is 11.3. The molecule has 2 atom stereocenters. The van der Waals surface area contributed by atoms with Gasteiger partial charge >= 0.3 is 13.1 Å². The van der Waals surface area contributed by atoms with Gasteiger partial charge in [0, 0.05) is 23.4 Å². The van der Waals surface area contributed by atoms with Crippen LogP contribution in [-0.4, -0.2) is 67.9 Å². The summed E-state index contributed by atoms with van der Waals surface area (Å²) in [6.45, 7) is 3.12. The average molecular weight is 444 g/mol. The largest absolute Gasteiger partial charge is 0.481 e. The number of nitrogens with zero attached hydrogens (tertiary/aromatic N) is 3. The van der Waals surface area contributed by atoms with Gasteiger partial charge in [0.1, 0.15) is 0 Å². The van der Waals surface area contributed by atoms with Crippen LogP contribution in [0.15, 0.2) is 34.7 Å². The number of hydrogen-bond donors (Lipinski definition) is 4. The lowest BCUT2D eigenvalue weighted by molar-refractivity contribution is -0.137. The summed E-state index contributed by atoms with van der Waals surface area (Å²) in [5.74, 6) is -0.176. The maximum Gasteiger partial charge on any atom is 0.471 e. The van der Waals surface area contributed by atoms with Crippen molar-refractivity contribution in [1.29, 1.82) is 0 Å². The molecule has 1 fully saturated rings. The molecule has 0 amide bonds. The minimum Gasteiger partial charge on any atom is -0.481 e. The van der Waals surface area contributed by atoms with Crippen LogP contribution < -0.4 is 5.73 Å². The minimum atomic E-state index is -1.56. The number of benzene rings is 1. The molecule has 0 spiro atoms. The van der Waals surface area contributed by atoms with Crippen LogP contribution in [0.3, 0.4) is 0 Å². The monoisotopic (exact) mass is 444 g/mol. The number of aromatic nitrogens is 2. The van der Waals surface area contributed by atoms with Crippen molar-refractivity contribution >= 4 is 13.1 Å². The van der Waals surface area contributed by atoms with E-state index < -0.39 is 24.6 Å². The van der Waals surface area contributed by atoms with Crippen molar-refractivity contribution in [1.82, 2.24) is 15.1 Å². The number of piperidine rings is 1. The lowest BCUT2D eigenvalue weighted by atomic mass is 9.65. The van der Waals surface area contributed by atoms with Crippen LogP contribution in [0.4, 0.5) is 0 Å². The molecular formula is C22H33BN4O5. The number of carboxylic acids is 1. The second-order valence-electron chi connectivity index (χ2n) is 8.94. The zero-order chi connectivity index (χ0) is 23.1. The Bertz CT molecular complexity index is 853. The normalized spacial score (nSPS) is 18.2. The molecule has 1 aromatic carbocycles. The van der Waals surface area contributed by atoms with Gasteiger partial charge < -0.3 is 30.2 Å². The van der Waals surface area contributed by atoms with Crippen LogP contribution in [0.5, 0.6) is 0 Å². The molecule has 0 aliphatic carbocycles. The van der Waals surface area contributed by atoms with Crippen LogP contribution >= 0.6 is 0 Å². The van der Waals surface area contributed by atoms with Crippen molar-refractivity contribution in [2.24, 2.45) is 5.73 Å². The molecule has 1 aromatic heterocycles.